The monoisotopic (exact) mass is 273 g/mol. The van der Waals surface area contributed by atoms with E-state index in [1.807, 2.05) is 0 Å². The van der Waals surface area contributed by atoms with Gasteiger partial charge in [0, 0.05) is 37.7 Å². The van der Waals surface area contributed by atoms with E-state index in [9.17, 15) is 14.7 Å². The Morgan fingerprint density at radius 2 is 2.06 bits per heavy atom. The first-order valence-corrected chi connectivity index (χ1v) is 7.42. The highest BCUT2D eigenvalue weighted by Gasteiger charge is 2.34. The highest BCUT2D eigenvalue weighted by Crippen LogP contribution is 2.18. The van der Waals surface area contributed by atoms with Crippen LogP contribution < -0.4 is 5.32 Å². The summed E-state index contributed by atoms with van der Waals surface area (Å²) < 4.78 is 0. The van der Waals surface area contributed by atoms with Crippen LogP contribution in [0.1, 0.15) is 6.42 Å². The topological polar surface area (TPSA) is 72.9 Å². The van der Waals surface area contributed by atoms with Crippen molar-refractivity contribution in [3.05, 3.63) is 0 Å². The van der Waals surface area contributed by atoms with Crippen molar-refractivity contribution in [2.45, 2.75) is 12.5 Å². The third-order valence-electron chi connectivity index (χ3n) is 3.27. The third-order valence-corrected chi connectivity index (χ3v) is 4.29. The minimum atomic E-state index is -0.900. The number of carboxylic acids is 1. The minimum absolute atomic E-state index is 0.119. The summed E-state index contributed by atoms with van der Waals surface area (Å²) >= 11 is 1.60. The molecule has 2 heterocycles. The second-order valence-electron chi connectivity index (χ2n) is 4.50. The lowest BCUT2D eigenvalue weighted by molar-refractivity contribution is -0.141. The van der Waals surface area contributed by atoms with Crippen molar-refractivity contribution in [2.24, 2.45) is 0 Å². The van der Waals surface area contributed by atoms with Crippen molar-refractivity contribution in [1.82, 2.24) is 15.1 Å². The van der Waals surface area contributed by atoms with Crippen molar-refractivity contribution in [2.75, 3.05) is 44.2 Å². The zero-order valence-corrected chi connectivity index (χ0v) is 11.1. The van der Waals surface area contributed by atoms with Crippen LogP contribution in [0.4, 0.5) is 4.79 Å². The summed E-state index contributed by atoms with van der Waals surface area (Å²) in [5, 5.41) is 12.4. The summed E-state index contributed by atoms with van der Waals surface area (Å²) in [6.45, 7) is 3.61. The smallest absolute Gasteiger partial charge is 0.327 e. The van der Waals surface area contributed by atoms with E-state index in [-0.39, 0.29) is 6.03 Å². The van der Waals surface area contributed by atoms with E-state index in [2.05, 4.69) is 5.32 Å². The van der Waals surface area contributed by atoms with Crippen molar-refractivity contribution < 1.29 is 14.7 Å². The SMILES string of the molecule is O=C(O)C1CSCCN1C(=O)N1CCCNCC1. The first-order valence-electron chi connectivity index (χ1n) is 6.27. The number of carboxylic acid groups (broad SMARTS) is 1. The average molecular weight is 273 g/mol. The molecule has 0 aliphatic carbocycles. The van der Waals surface area contributed by atoms with Gasteiger partial charge in [0.15, 0.2) is 0 Å². The van der Waals surface area contributed by atoms with Gasteiger partial charge in [-0.2, -0.15) is 11.8 Å². The lowest BCUT2D eigenvalue weighted by Gasteiger charge is -2.36. The van der Waals surface area contributed by atoms with Crippen LogP contribution in [0.3, 0.4) is 0 Å². The van der Waals surface area contributed by atoms with Gasteiger partial charge in [-0.25, -0.2) is 9.59 Å². The molecule has 2 rings (SSSR count). The number of carbonyl (C=O) groups excluding carboxylic acids is 1. The molecular formula is C11H19N3O3S. The molecule has 7 heteroatoms. The molecule has 0 aromatic rings. The first-order chi connectivity index (χ1) is 8.70. The molecule has 1 unspecified atom stereocenters. The summed E-state index contributed by atoms with van der Waals surface area (Å²) in [6, 6.07) is -0.793. The fourth-order valence-corrected chi connectivity index (χ4v) is 3.29. The quantitative estimate of drug-likeness (QED) is 0.698. The van der Waals surface area contributed by atoms with Crippen molar-refractivity contribution >= 4 is 23.8 Å². The number of rotatable bonds is 1. The van der Waals surface area contributed by atoms with Gasteiger partial charge in [-0.3, -0.25) is 0 Å². The maximum Gasteiger partial charge on any atom is 0.327 e. The van der Waals surface area contributed by atoms with Crippen molar-refractivity contribution in [3.63, 3.8) is 0 Å². The Kier molecular flexibility index (Phi) is 4.71. The summed E-state index contributed by atoms with van der Waals surface area (Å²) in [4.78, 5) is 26.8. The maximum absolute atomic E-state index is 12.4. The molecule has 2 saturated heterocycles. The van der Waals surface area contributed by atoms with Gasteiger partial charge in [-0.1, -0.05) is 0 Å². The van der Waals surface area contributed by atoms with E-state index in [4.69, 9.17) is 0 Å². The standard InChI is InChI=1S/C11H19N3O3S/c15-10(16)9-8-18-7-6-14(9)11(17)13-4-1-2-12-3-5-13/h9,12H,1-8H2,(H,15,16). The number of nitrogens with zero attached hydrogens (tertiary/aromatic N) is 2. The Balaban J connectivity index is 2.02. The van der Waals surface area contributed by atoms with Gasteiger partial charge >= 0.3 is 12.0 Å². The number of hydrogen-bond acceptors (Lipinski definition) is 4. The molecule has 0 radical (unpaired) electrons. The zero-order valence-electron chi connectivity index (χ0n) is 10.3. The van der Waals surface area contributed by atoms with Crippen LogP contribution in [0.2, 0.25) is 0 Å². The maximum atomic E-state index is 12.4. The Hall–Kier alpha value is -0.950. The van der Waals surface area contributed by atoms with Crippen LogP contribution in [-0.2, 0) is 4.79 Å². The van der Waals surface area contributed by atoms with Gasteiger partial charge in [-0.15, -0.1) is 0 Å². The largest absolute Gasteiger partial charge is 0.480 e. The number of carbonyl (C=O) groups is 2. The minimum Gasteiger partial charge on any atom is -0.480 e. The highest BCUT2D eigenvalue weighted by atomic mass is 32.2. The summed E-state index contributed by atoms with van der Waals surface area (Å²) in [5.41, 5.74) is 0. The van der Waals surface area contributed by atoms with Crippen LogP contribution >= 0.6 is 11.8 Å². The first kappa shape index (κ1) is 13.5. The zero-order chi connectivity index (χ0) is 13.0. The van der Waals surface area contributed by atoms with Crippen LogP contribution in [0, 0.1) is 0 Å². The molecule has 0 bridgehead atoms. The average Bonchev–Trinajstić information content (AvgIpc) is 2.66. The van der Waals surface area contributed by atoms with E-state index in [0.717, 1.165) is 25.3 Å². The molecule has 2 amide bonds. The predicted molar refractivity (Wildman–Crippen MR) is 69.9 cm³/mol. The van der Waals surface area contributed by atoms with Gasteiger partial charge in [0.25, 0.3) is 0 Å². The van der Waals surface area contributed by atoms with Crippen molar-refractivity contribution in [3.8, 4) is 0 Å². The molecule has 6 nitrogen and oxygen atoms in total. The molecule has 18 heavy (non-hydrogen) atoms. The Morgan fingerprint density at radius 3 is 2.83 bits per heavy atom. The third kappa shape index (κ3) is 3.08. The van der Waals surface area contributed by atoms with E-state index in [1.54, 1.807) is 16.7 Å². The molecule has 0 aromatic heterocycles. The van der Waals surface area contributed by atoms with Gasteiger partial charge in [-0.05, 0) is 13.0 Å². The fraction of sp³-hybridized carbons (Fsp3) is 0.818. The molecule has 2 N–H and O–H groups in total. The predicted octanol–water partition coefficient (Wildman–Crippen LogP) is -0.0963. The lowest BCUT2D eigenvalue weighted by atomic mass is 10.3. The fourth-order valence-electron chi connectivity index (χ4n) is 2.26. The van der Waals surface area contributed by atoms with E-state index in [0.29, 0.717) is 25.4 Å². The Morgan fingerprint density at radius 1 is 1.22 bits per heavy atom. The Labute approximate surface area is 111 Å². The van der Waals surface area contributed by atoms with Crippen LogP contribution in [0.15, 0.2) is 0 Å². The number of nitrogens with one attached hydrogen (secondary N) is 1. The molecule has 0 aromatic carbocycles. The highest BCUT2D eigenvalue weighted by molar-refractivity contribution is 7.99. The van der Waals surface area contributed by atoms with Gasteiger partial charge < -0.3 is 20.2 Å². The van der Waals surface area contributed by atoms with Gasteiger partial charge in [0.2, 0.25) is 0 Å². The van der Waals surface area contributed by atoms with Gasteiger partial charge in [0.1, 0.15) is 6.04 Å². The molecule has 2 aliphatic heterocycles. The molecule has 102 valence electrons. The van der Waals surface area contributed by atoms with Gasteiger partial charge in [0.05, 0.1) is 0 Å². The molecular weight excluding hydrogens is 254 g/mol. The number of aliphatic carboxylic acids is 1. The van der Waals surface area contributed by atoms with Crippen LogP contribution in [0.5, 0.6) is 0 Å². The summed E-state index contributed by atoms with van der Waals surface area (Å²) in [6.07, 6.45) is 0.923. The summed E-state index contributed by atoms with van der Waals surface area (Å²) in [7, 11) is 0. The van der Waals surface area contributed by atoms with E-state index >= 15 is 0 Å². The number of hydrogen-bond donors (Lipinski definition) is 2. The Bertz CT molecular complexity index is 319. The number of urea groups is 1. The number of thioether (sulfide) groups is 1. The second-order valence-corrected chi connectivity index (χ2v) is 5.65. The van der Waals surface area contributed by atoms with Crippen LogP contribution in [0.25, 0.3) is 0 Å². The lowest BCUT2D eigenvalue weighted by Crippen LogP contribution is -2.55. The normalized spacial score (nSPS) is 25.7. The molecule has 0 saturated carbocycles. The van der Waals surface area contributed by atoms with E-state index in [1.165, 1.54) is 4.90 Å². The summed E-state index contributed by atoms with van der Waals surface area (Å²) in [5.74, 6) is 0.415. The number of amides is 2. The van der Waals surface area contributed by atoms with Crippen LogP contribution in [-0.4, -0.2) is 77.2 Å². The van der Waals surface area contributed by atoms with E-state index < -0.39 is 12.0 Å². The molecule has 0 spiro atoms. The molecule has 1 atom stereocenters. The second kappa shape index (κ2) is 6.29. The molecule has 2 aliphatic rings. The van der Waals surface area contributed by atoms with Crippen molar-refractivity contribution in [1.29, 1.82) is 0 Å². The molecule has 2 fully saturated rings.